The molecular weight excluding hydrogens is 322 g/mol. The van der Waals surface area contributed by atoms with Crippen molar-refractivity contribution in [2.75, 3.05) is 11.9 Å². The number of hydrogen-bond donors (Lipinski definition) is 1. The van der Waals surface area contributed by atoms with Crippen molar-refractivity contribution in [3.63, 3.8) is 0 Å². The van der Waals surface area contributed by atoms with Gasteiger partial charge in [-0.05, 0) is 30.2 Å². The molecule has 0 spiro atoms. The maximum absolute atomic E-state index is 12.4. The van der Waals surface area contributed by atoms with Gasteiger partial charge < -0.3 is 10.1 Å². The standard InChI is InChI=1S/C15H16ClN3O2S/c1-8(2)14-18-19-15(22-14)17-13(20)10-5-9-6-11(16)3-4-12(9)21-7-10/h3-4,6,8,10H,5,7H2,1-2H3,(H,17,19,20)/t10-/m1/s1. The van der Waals surface area contributed by atoms with Gasteiger partial charge in [0.1, 0.15) is 17.4 Å². The van der Waals surface area contributed by atoms with Crippen LogP contribution in [0.2, 0.25) is 5.02 Å². The number of nitrogens with zero attached hydrogens (tertiary/aromatic N) is 2. The van der Waals surface area contributed by atoms with E-state index in [1.807, 2.05) is 26.0 Å². The normalized spacial score (nSPS) is 17.0. The van der Waals surface area contributed by atoms with Gasteiger partial charge >= 0.3 is 0 Å². The van der Waals surface area contributed by atoms with Crippen LogP contribution in [0.5, 0.6) is 5.75 Å². The molecule has 1 amide bonds. The lowest BCUT2D eigenvalue weighted by Crippen LogP contribution is -2.32. The SMILES string of the molecule is CC(C)c1nnc(NC(=O)[C@H]2COc3ccc(Cl)cc3C2)s1. The van der Waals surface area contributed by atoms with E-state index in [1.54, 1.807) is 6.07 Å². The molecule has 1 atom stereocenters. The van der Waals surface area contributed by atoms with E-state index in [-0.39, 0.29) is 11.8 Å². The fraction of sp³-hybridized carbons (Fsp3) is 0.400. The monoisotopic (exact) mass is 337 g/mol. The van der Waals surface area contributed by atoms with E-state index in [0.717, 1.165) is 16.3 Å². The van der Waals surface area contributed by atoms with Gasteiger partial charge in [-0.25, -0.2) is 0 Å². The zero-order valence-electron chi connectivity index (χ0n) is 12.3. The molecule has 0 saturated carbocycles. The molecule has 1 aromatic heterocycles. The summed E-state index contributed by atoms with van der Waals surface area (Å²) in [7, 11) is 0. The smallest absolute Gasteiger partial charge is 0.233 e. The van der Waals surface area contributed by atoms with E-state index in [0.29, 0.717) is 29.1 Å². The molecule has 1 aliphatic rings. The summed E-state index contributed by atoms with van der Waals surface area (Å²) in [5.41, 5.74) is 0.957. The third-order valence-corrected chi connectivity index (χ3v) is 4.84. The van der Waals surface area contributed by atoms with Gasteiger partial charge in [-0.15, -0.1) is 10.2 Å². The van der Waals surface area contributed by atoms with Crippen molar-refractivity contribution in [1.82, 2.24) is 10.2 Å². The van der Waals surface area contributed by atoms with Crippen LogP contribution in [-0.2, 0) is 11.2 Å². The first-order chi connectivity index (χ1) is 10.5. The first kappa shape index (κ1) is 15.2. The van der Waals surface area contributed by atoms with Gasteiger partial charge in [0.2, 0.25) is 11.0 Å². The summed E-state index contributed by atoms with van der Waals surface area (Å²) in [6.45, 7) is 4.44. The number of hydrogen-bond acceptors (Lipinski definition) is 5. The van der Waals surface area contributed by atoms with Gasteiger partial charge in [-0.3, -0.25) is 4.79 Å². The molecule has 1 aliphatic heterocycles. The summed E-state index contributed by atoms with van der Waals surface area (Å²) in [4.78, 5) is 12.4. The van der Waals surface area contributed by atoms with Gasteiger partial charge in [0.05, 0.1) is 5.92 Å². The first-order valence-corrected chi connectivity index (χ1v) is 8.28. The fourth-order valence-corrected chi connectivity index (χ4v) is 3.20. The number of anilines is 1. The predicted octanol–water partition coefficient (Wildman–Crippen LogP) is 3.50. The zero-order chi connectivity index (χ0) is 15.7. The van der Waals surface area contributed by atoms with Crippen molar-refractivity contribution < 1.29 is 9.53 Å². The number of halogens is 1. The molecule has 0 bridgehead atoms. The zero-order valence-corrected chi connectivity index (χ0v) is 13.9. The van der Waals surface area contributed by atoms with E-state index in [9.17, 15) is 4.79 Å². The number of carbonyl (C=O) groups is 1. The van der Waals surface area contributed by atoms with E-state index in [1.165, 1.54) is 11.3 Å². The lowest BCUT2D eigenvalue weighted by molar-refractivity contribution is -0.121. The molecule has 2 heterocycles. The highest BCUT2D eigenvalue weighted by Gasteiger charge is 2.27. The number of amides is 1. The van der Waals surface area contributed by atoms with Crippen molar-refractivity contribution in [2.45, 2.75) is 26.2 Å². The molecule has 3 rings (SSSR count). The van der Waals surface area contributed by atoms with Crippen LogP contribution in [0.1, 0.15) is 30.3 Å². The number of rotatable bonds is 3. The van der Waals surface area contributed by atoms with Crippen molar-refractivity contribution in [3.05, 3.63) is 33.8 Å². The topological polar surface area (TPSA) is 64.1 Å². The van der Waals surface area contributed by atoms with E-state index >= 15 is 0 Å². The molecule has 1 N–H and O–H groups in total. The number of aromatic nitrogens is 2. The van der Waals surface area contributed by atoms with Crippen LogP contribution in [-0.4, -0.2) is 22.7 Å². The largest absolute Gasteiger partial charge is 0.492 e. The molecule has 0 saturated heterocycles. The predicted molar refractivity (Wildman–Crippen MR) is 86.8 cm³/mol. The average Bonchev–Trinajstić information content (AvgIpc) is 2.95. The molecule has 0 unspecified atom stereocenters. The second-order valence-electron chi connectivity index (χ2n) is 5.55. The summed E-state index contributed by atoms with van der Waals surface area (Å²) in [6, 6.07) is 5.47. The minimum atomic E-state index is -0.252. The number of nitrogens with one attached hydrogen (secondary N) is 1. The number of benzene rings is 1. The molecule has 7 heteroatoms. The molecule has 0 fully saturated rings. The fourth-order valence-electron chi connectivity index (χ4n) is 2.26. The molecule has 1 aromatic carbocycles. The summed E-state index contributed by atoms with van der Waals surface area (Å²) < 4.78 is 5.64. The summed E-state index contributed by atoms with van der Waals surface area (Å²) in [6.07, 6.45) is 0.609. The van der Waals surface area contributed by atoms with E-state index in [2.05, 4.69) is 15.5 Å². The van der Waals surface area contributed by atoms with Crippen molar-refractivity contribution in [2.24, 2.45) is 5.92 Å². The van der Waals surface area contributed by atoms with E-state index < -0.39 is 0 Å². The van der Waals surface area contributed by atoms with Crippen molar-refractivity contribution in [3.8, 4) is 5.75 Å². The summed E-state index contributed by atoms with van der Waals surface area (Å²) in [5.74, 6) is 0.746. The van der Waals surface area contributed by atoms with Crippen molar-refractivity contribution >= 4 is 34.0 Å². The van der Waals surface area contributed by atoms with Gasteiger partial charge in [-0.2, -0.15) is 0 Å². The number of ether oxygens (including phenoxy) is 1. The van der Waals surface area contributed by atoms with Crippen LogP contribution in [0.4, 0.5) is 5.13 Å². The van der Waals surface area contributed by atoms with Crippen LogP contribution in [0.3, 0.4) is 0 Å². The lowest BCUT2D eigenvalue weighted by atomic mass is 9.96. The van der Waals surface area contributed by atoms with Gasteiger partial charge in [0.25, 0.3) is 0 Å². The van der Waals surface area contributed by atoms with Crippen molar-refractivity contribution in [1.29, 1.82) is 0 Å². The Morgan fingerprint density at radius 1 is 1.45 bits per heavy atom. The Bertz CT molecular complexity index is 702. The highest BCUT2D eigenvalue weighted by molar-refractivity contribution is 7.15. The maximum Gasteiger partial charge on any atom is 0.233 e. The van der Waals surface area contributed by atoms with E-state index in [4.69, 9.17) is 16.3 Å². The molecule has 0 aliphatic carbocycles. The second kappa shape index (κ2) is 6.22. The second-order valence-corrected chi connectivity index (χ2v) is 7.00. The maximum atomic E-state index is 12.4. The number of fused-ring (bicyclic) bond motifs is 1. The van der Waals surface area contributed by atoms with Gasteiger partial charge in [-0.1, -0.05) is 36.8 Å². The lowest BCUT2D eigenvalue weighted by Gasteiger charge is -2.24. The minimum absolute atomic E-state index is 0.0999. The number of carbonyl (C=O) groups excluding carboxylic acids is 1. The van der Waals surface area contributed by atoms with Crippen LogP contribution < -0.4 is 10.1 Å². The van der Waals surface area contributed by atoms with Crippen LogP contribution >= 0.6 is 22.9 Å². The minimum Gasteiger partial charge on any atom is -0.492 e. The summed E-state index contributed by atoms with van der Waals surface area (Å²) in [5, 5.41) is 13.0. The third-order valence-electron chi connectivity index (χ3n) is 3.46. The highest BCUT2D eigenvalue weighted by atomic mass is 35.5. The van der Waals surface area contributed by atoms with Crippen LogP contribution in [0.15, 0.2) is 18.2 Å². The molecule has 5 nitrogen and oxygen atoms in total. The average molecular weight is 338 g/mol. The molecule has 22 heavy (non-hydrogen) atoms. The third kappa shape index (κ3) is 3.23. The Morgan fingerprint density at radius 3 is 3.00 bits per heavy atom. The quantitative estimate of drug-likeness (QED) is 0.931. The van der Waals surface area contributed by atoms with Gasteiger partial charge in [0, 0.05) is 10.9 Å². The Kier molecular flexibility index (Phi) is 4.31. The Hall–Kier alpha value is -1.66. The molecule has 116 valence electrons. The Labute approximate surface area is 137 Å². The highest BCUT2D eigenvalue weighted by Crippen LogP contribution is 2.30. The van der Waals surface area contributed by atoms with Crippen LogP contribution in [0, 0.1) is 5.92 Å². The van der Waals surface area contributed by atoms with Crippen LogP contribution in [0.25, 0.3) is 0 Å². The molecule has 0 radical (unpaired) electrons. The molecular formula is C15H16ClN3O2S. The molecule has 2 aromatic rings. The Balaban J connectivity index is 1.68. The summed E-state index contributed by atoms with van der Waals surface area (Å²) >= 11 is 7.40. The first-order valence-electron chi connectivity index (χ1n) is 7.08. The van der Waals surface area contributed by atoms with Gasteiger partial charge in [0.15, 0.2) is 0 Å². The Morgan fingerprint density at radius 2 is 2.27 bits per heavy atom.